The van der Waals surface area contributed by atoms with E-state index in [0.717, 1.165) is 16.9 Å². The molecule has 1 aliphatic heterocycles. The normalized spacial score (nSPS) is 14.7. The van der Waals surface area contributed by atoms with Crippen LogP contribution in [0.1, 0.15) is 50.4 Å². The van der Waals surface area contributed by atoms with Crippen molar-refractivity contribution in [3.8, 4) is 17.2 Å². The maximum absolute atomic E-state index is 14.1. The van der Waals surface area contributed by atoms with E-state index < -0.39 is 12.0 Å². The summed E-state index contributed by atoms with van der Waals surface area (Å²) < 4.78 is 19.8. The zero-order chi connectivity index (χ0) is 33.0. The molecule has 1 aliphatic rings. The van der Waals surface area contributed by atoms with E-state index in [1.165, 1.54) is 16.9 Å². The number of hydrogen-bond acceptors (Lipinski definition) is 7. The molecule has 0 bridgehead atoms. The van der Waals surface area contributed by atoms with Crippen molar-refractivity contribution in [3.63, 3.8) is 0 Å². The number of benzene rings is 4. The molecule has 0 aliphatic carbocycles. The van der Waals surface area contributed by atoms with Crippen LogP contribution in [0.2, 0.25) is 0 Å². The summed E-state index contributed by atoms with van der Waals surface area (Å²) >= 11 is 1.28. The Balaban J connectivity index is 1.27. The van der Waals surface area contributed by atoms with Crippen LogP contribution >= 0.6 is 11.3 Å². The predicted molar refractivity (Wildman–Crippen MR) is 185 cm³/mol. The Kier molecular flexibility index (Phi) is 9.22. The van der Waals surface area contributed by atoms with E-state index in [1.807, 2.05) is 78.9 Å². The first-order chi connectivity index (χ1) is 22.7. The molecule has 1 aromatic heterocycles. The van der Waals surface area contributed by atoms with Gasteiger partial charge in [-0.15, -0.1) is 0 Å². The fourth-order valence-electron chi connectivity index (χ4n) is 5.42. The number of ether oxygens (including phenoxy) is 3. The molecule has 0 fully saturated rings. The summed E-state index contributed by atoms with van der Waals surface area (Å²) in [5.74, 6) is 1.29. The smallest absolute Gasteiger partial charge is 0.343 e. The average Bonchev–Trinajstić information content (AvgIpc) is 3.37. The minimum atomic E-state index is -0.702. The second kappa shape index (κ2) is 13.6. The first-order valence-corrected chi connectivity index (χ1v) is 16.3. The van der Waals surface area contributed by atoms with Crippen molar-refractivity contribution in [2.75, 3.05) is 13.2 Å². The van der Waals surface area contributed by atoms with Gasteiger partial charge in [0.15, 0.2) is 4.80 Å². The number of rotatable bonds is 9. The highest BCUT2D eigenvalue weighted by Crippen LogP contribution is 2.31. The summed E-state index contributed by atoms with van der Waals surface area (Å²) in [7, 11) is 0. The zero-order valence-electron chi connectivity index (χ0n) is 26.8. The number of allylic oxidation sites excluding steroid dienone is 1. The third-order valence-electron chi connectivity index (χ3n) is 7.85. The summed E-state index contributed by atoms with van der Waals surface area (Å²) in [5.41, 5.74) is 3.43. The van der Waals surface area contributed by atoms with Crippen molar-refractivity contribution in [1.82, 2.24) is 4.57 Å². The number of hydrogen-bond donors (Lipinski definition) is 0. The Hall–Kier alpha value is -5.21. The van der Waals surface area contributed by atoms with Crippen LogP contribution in [0.3, 0.4) is 0 Å². The van der Waals surface area contributed by atoms with Gasteiger partial charge >= 0.3 is 5.97 Å². The number of aromatic nitrogens is 1. The first-order valence-electron chi connectivity index (χ1n) is 15.5. The molecule has 6 rings (SSSR count). The molecule has 5 aromatic rings. The first kappa shape index (κ1) is 31.8. The predicted octanol–water partition coefficient (Wildman–Crippen LogP) is 6.60. The molecule has 238 valence electrons. The molecule has 0 spiro atoms. The number of thiazole rings is 1. The van der Waals surface area contributed by atoms with Gasteiger partial charge in [-0.3, -0.25) is 9.36 Å². The molecule has 0 saturated heterocycles. The standard InChI is InChI=1S/C39H36N2O5S/c1-26-34(37(43)46-31-16-9-6-10-17-31)35(27-13-7-5-8-14-27)41-36(42)33(47-38(41)40-26)25-28-15-11-12-18-32(28)45-24-23-44-30-21-19-29(20-22-30)39(2,3)4/h5-22,25,35H,23-24H2,1-4H3/b33-25+/t35-/m0/s1. The highest BCUT2D eigenvalue weighted by Gasteiger charge is 2.33. The van der Waals surface area contributed by atoms with E-state index in [2.05, 4.69) is 32.9 Å². The van der Waals surface area contributed by atoms with E-state index in [1.54, 1.807) is 35.8 Å². The lowest BCUT2D eigenvalue weighted by Gasteiger charge is -2.24. The summed E-state index contributed by atoms with van der Waals surface area (Å²) in [5, 5.41) is 0. The lowest BCUT2D eigenvalue weighted by Crippen LogP contribution is -2.40. The molecule has 8 heteroatoms. The molecule has 4 aromatic carbocycles. The van der Waals surface area contributed by atoms with Gasteiger partial charge in [0.1, 0.15) is 30.5 Å². The van der Waals surface area contributed by atoms with Gasteiger partial charge in [-0.2, -0.15) is 0 Å². The minimum absolute atomic E-state index is 0.0779. The van der Waals surface area contributed by atoms with Gasteiger partial charge in [-0.25, -0.2) is 9.79 Å². The number of carbonyl (C=O) groups is 1. The van der Waals surface area contributed by atoms with Gasteiger partial charge < -0.3 is 14.2 Å². The zero-order valence-corrected chi connectivity index (χ0v) is 27.6. The van der Waals surface area contributed by atoms with Crippen LogP contribution < -0.4 is 29.1 Å². The minimum Gasteiger partial charge on any atom is -0.490 e. The summed E-state index contributed by atoms with van der Waals surface area (Å²) in [6.07, 6.45) is 1.81. The highest BCUT2D eigenvalue weighted by molar-refractivity contribution is 7.07. The molecule has 0 saturated carbocycles. The Morgan fingerprint density at radius 3 is 2.17 bits per heavy atom. The van der Waals surface area contributed by atoms with Crippen LogP contribution in [0.15, 0.2) is 130 Å². The number of fused-ring (bicyclic) bond motifs is 1. The molecule has 0 unspecified atom stereocenters. The van der Waals surface area contributed by atoms with Gasteiger partial charge in [0.25, 0.3) is 5.56 Å². The summed E-state index contributed by atoms with van der Waals surface area (Å²) in [4.78, 5) is 32.9. The lowest BCUT2D eigenvalue weighted by atomic mass is 9.87. The fourth-order valence-corrected chi connectivity index (χ4v) is 6.46. The van der Waals surface area contributed by atoms with Crippen molar-refractivity contribution in [2.24, 2.45) is 4.99 Å². The Morgan fingerprint density at radius 1 is 0.830 bits per heavy atom. The average molecular weight is 645 g/mol. The monoisotopic (exact) mass is 644 g/mol. The fraction of sp³-hybridized carbons (Fsp3) is 0.205. The Bertz CT molecular complexity index is 2090. The lowest BCUT2D eigenvalue weighted by molar-refractivity contribution is -0.130. The molecule has 47 heavy (non-hydrogen) atoms. The van der Waals surface area contributed by atoms with Crippen LogP contribution in [0, 0.1) is 0 Å². The third-order valence-corrected chi connectivity index (χ3v) is 8.83. The largest absolute Gasteiger partial charge is 0.490 e. The van der Waals surface area contributed by atoms with Gasteiger partial charge in [0, 0.05) is 5.56 Å². The van der Waals surface area contributed by atoms with E-state index in [9.17, 15) is 9.59 Å². The molecule has 7 nitrogen and oxygen atoms in total. The van der Waals surface area contributed by atoms with E-state index >= 15 is 0 Å². The van der Waals surface area contributed by atoms with Crippen molar-refractivity contribution >= 4 is 23.4 Å². The van der Waals surface area contributed by atoms with Crippen molar-refractivity contribution in [3.05, 3.63) is 157 Å². The SMILES string of the molecule is CC1=C(C(=O)Oc2ccccc2)[C@H](c2ccccc2)n2c(s/c(=C/c3ccccc3OCCOc3ccc(C(C)(C)C)cc3)c2=O)=N1. The number of carbonyl (C=O) groups excluding carboxylic acids is 1. The van der Waals surface area contributed by atoms with Gasteiger partial charge in [0.05, 0.1) is 21.8 Å². The van der Waals surface area contributed by atoms with Gasteiger partial charge in [-0.1, -0.05) is 111 Å². The van der Waals surface area contributed by atoms with Crippen molar-refractivity contribution in [2.45, 2.75) is 39.2 Å². The summed E-state index contributed by atoms with van der Waals surface area (Å²) in [6, 6.07) is 33.4. The van der Waals surface area contributed by atoms with E-state index in [4.69, 9.17) is 19.2 Å². The van der Waals surface area contributed by atoms with Crippen LogP contribution in [-0.4, -0.2) is 23.8 Å². The molecule has 0 radical (unpaired) electrons. The van der Waals surface area contributed by atoms with Crippen molar-refractivity contribution < 1.29 is 19.0 Å². The second-order valence-electron chi connectivity index (χ2n) is 12.2. The van der Waals surface area contributed by atoms with Crippen LogP contribution in [-0.2, 0) is 10.2 Å². The third kappa shape index (κ3) is 7.13. The molecule has 0 amide bonds. The van der Waals surface area contributed by atoms with Crippen molar-refractivity contribution in [1.29, 1.82) is 0 Å². The molecular formula is C39H36N2O5S. The van der Waals surface area contributed by atoms with E-state index in [-0.39, 0.29) is 11.0 Å². The van der Waals surface area contributed by atoms with E-state index in [0.29, 0.717) is 45.3 Å². The van der Waals surface area contributed by atoms with Crippen LogP contribution in [0.4, 0.5) is 0 Å². The molecule has 2 heterocycles. The van der Waals surface area contributed by atoms with Gasteiger partial charge in [-0.05, 0) is 59.9 Å². The van der Waals surface area contributed by atoms with Gasteiger partial charge in [0.2, 0.25) is 0 Å². The second-order valence-corrected chi connectivity index (χ2v) is 13.2. The Morgan fingerprint density at radius 2 is 1.47 bits per heavy atom. The number of nitrogens with zero attached hydrogens (tertiary/aromatic N) is 2. The topological polar surface area (TPSA) is 79.1 Å². The highest BCUT2D eigenvalue weighted by atomic mass is 32.1. The summed E-state index contributed by atoms with van der Waals surface area (Å²) in [6.45, 7) is 9.01. The maximum atomic E-state index is 14.1. The van der Waals surface area contributed by atoms with Crippen LogP contribution in [0.5, 0.6) is 17.2 Å². The van der Waals surface area contributed by atoms with Crippen LogP contribution in [0.25, 0.3) is 6.08 Å². The Labute approximate surface area is 277 Å². The number of esters is 1. The maximum Gasteiger partial charge on any atom is 0.343 e. The molecule has 0 N–H and O–H groups in total. The quantitative estimate of drug-likeness (QED) is 0.103. The molecular weight excluding hydrogens is 609 g/mol. The number of para-hydroxylation sites is 2. The molecule has 1 atom stereocenters.